The van der Waals surface area contributed by atoms with Gasteiger partial charge in [0.25, 0.3) is 5.91 Å². The smallest absolute Gasteiger partial charge is 0.412 e. The molecule has 4 rings (SSSR count). The number of aryl methyl sites for hydroxylation is 1. The fourth-order valence-electron chi connectivity index (χ4n) is 3.79. The Labute approximate surface area is 191 Å². The number of nitrogens with zero attached hydrogens (tertiary/aromatic N) is 1. The molecule has 0 aliphatic carbocycles. The Hall–Kier alpha value is -3.53. The van der Waals surface area contributed by atoms with Gasteiger partial charge in [0, 0.05) is 22.6 Å². The van der Waals surface area contributed by atoms with Crippen LogP contribution in [0.4, 0.5) is 19.3 Å². The van der Waals surface area contributed by atoms with E-state index in [1.807, 2.05) is 0 Å². The van der Waals surface area contributed by atoms with E-state index in [0.29, 0.717) is 5.56 Å². The van der Waals surface area contributed by atoms with Crippen molar-refractivity contribution in [2.24, 2.45) is 0 Å². The third-order valence-corrected chi connectivity index (χ3v) is 5.92. The number of rotatable bonds is 4. The second-order valence-electron chi connectivity index (χ2n) is 7.79. The maximum absolute atomic E-state index is 14.7. The van der Waals surface area contributed by atoms with Crippen LogP contribution in [0.15, 0.2) is 24.3 Å². The second-order valence-corrected chi connectivity index (χ2v) is 8.19. The summed E-state index contributed by atoms with van der Waals surface area (Å²) < 4.78 is 33.7. The van der Waals surface area contributed by atoms with Crippen molar-refractivity contribution in [3.8, 4) is 0 Å². The summed E-state index contributed by atoms with van der Waals surface area (Å²) in [6, 6.07) is 4.03. The molecule has 11 heteroatoms. The number of hydrogen-bond donors (Lipinski definition) is 2. The quantitative estimate of drug-likeness (QED) is 0.656. The van der Waals surface area contributed by atoms with Gasteiger partial charge in [-0.15, -0.1) is 0 Å². The first-order valence-electron chi connectivity index (χ1n) is 9.99. The highest BCUT2D eigenvalue weighted by Gasteiger charge is 2.40. The molecule has 0 radical (unpaired) electrons. The van der Waals surface area contributed by atoms with Crippen LogP contribution in [0.1, 0.15) is 39.9 Å². The molecule has 8 nitrogen and oxygen atoms in total. The van der Waals surface area contributed by atoms with Crippen LogP contribution in [0, 0.1) is 18.6 Å². The molecular formula is C22H18ClF2N3O5. The third-order valence-electron chi connectivity index (χ3n) is 5.52. The predicted octanol–water partition coefficient (Wildman–Crippen LogP) is 3.44. The van der Waals surface area contributed by atoms with Crippen LogP contribution in [0.3, 0.4) is 0 Å². The Kier molecular flexibility index (Phi) is 6.03. The summed E-state index contributed by atoms with van der Waals surface area (Å²) >= 11 is 5.93. The van der Waals surface area contributed by atoms with Gasteiger partial charge in [0.05, 0.1) is 12.2 Å². The van der Waals surface area contributed by atoms with Gasteiger partial charge >= 0.3 is 6.09 Å². The summed E-state index contributed by atoms with van der Waals surface area (Å²) in [5, 5.41) is 4.66. The molecular weight excluding hydrogens is 460 g/mol. The monoisotopic (exact) mass is 477 g/mol. The standard InChI is InChI=1S/C22H18ClF2N3O5/c1-10-4-16(25)17(7-14(10)23)26-22(32)33-9-11-5-12-13(15(24)6-11)8-28(21(12)31)18-2-3-19(29)27-20(18)30/h4-7,18H,2-3,8-9H2,1H3,(H,26,32)(H,27,29,30). The molecule has 1 fully saturated rings. The summed E-state index contributed by atoms with van der Waals surface area (Å²) in [5.74, 6) is -2.96. The lowest BCUT2D eigenvalue weighted by Crippen LogP contribution is -2.52. The minimum Gasteiger partial charge on any atom is -0.444 e. The molecule has 4 amide bonds. The van der Waals surface area contributed by atoms with Gasteiger partial charge in [0.15, 0.2) is 0 Å². The van der Waals surface area contributed by atoms with Crippen molar-refractivity contribution in [2.75, 3.05) is 5.32 Å². The van der Waals surface area contributed by atoms with E-state index < -0.39 is 41.5 Å². The van der Waals surface area contributed by atoms with Gasteiger partial charge in [-0.3, -0.25) is 25.0 Å². The highest BCUT2D eigenvalue weighted by molar-refractivity contribution is 6.31. The van der Waals surface area contributed by atoms with Crippen LogP contribution in [-0.2, 0) is 27.5 Å². The molecule has 1 saturated heterocycles. The number of benzene rings is 2. The molecule has 2 aliphatic rings. The van der Waals surface area contributed by atoms with Crippen LogP contribution < -0.4 is 10.6 Å². The van der Waals surface area contributed by atoms with Crippen LogP contribution in [0.5, 0.6) is 0 Å². The van der Waals surface area contributed by atoms with Gasteiger partial charge in [-0.2, -0.15) is 0 Å². The number of carbonyl (C=O) groups excluding carboxylic acids is 4. The largest absolute Gasteiger partial charge is 0.444 e. The molecule has 0 saturated carbocycles. The summed E-state index contributed by atoms with van der Waals surface area (Å²) in [4.78, 5) is 49.6. The second kappa shape index (κ2) is 8.78. The molecule has 33 heavy (non-hydrogen) atoms. The highest BCUT2D eigenvalue weighted by atomic mass is 35.5. The number of ether oxygens (including phenoxy) is 1. The first-order chi connectivity index (χ1) is 15.6. The lowest BCUT2D eigenvalue weighted by atomic mass is 10.0. The number of halogens is 3. The van der Waals surface area contributed by atoms with E-state index in [-0.39, 0.29) is 53.4 Å². The van der Waals surface area contributed by atoms with Gasteiger partial charge in [0.1, 0.15) is 24.3 Å². The molecule has 0 aromatic heterocycles. The van der Waals surface area contributed by atoms with E-state index in [1.54, 1.807) is 6.92 Å². The van der Waals surface area contributed by atoms with Crippen molar-refractivity contribution < 1.29 is 32.7 Å². The fourth-order valence-corrected chi connectivity index (χ4v) is 3.96. The average molecular weight is 478 g/mol. The lowest BCUT2D eigenvalue weighted by molar-refractivity contribution is -0.136. The number of carbonyl (C=O) groups is 4. The predicted molar refractivity (Wildman–Crippen MR) is 112 cm³/mol. The summed E-state index contributed by atoms with van der Waals surface area (Å²) in [7, 11) is 0. The first kappa shape index (κ1) is 22.7. The summed E-state index contributed by atoms with van der Waals surface area (Å²) in [5.41, 5.74) is 0.690. The topological polar surface area (TPSA) is 105 Å². The first-order valence-corrected chi connectivity index (χ1v) is 10.4. The summed E-state index contributed by atoms with van der Waals surface area (Å²) in [6.07, 6.45) is -0.756. The Morgan fingerprint density at radius 2 is 1.97 bits per heavy atom. The molecule has 1 unspecified atom stereocenters. The molecule has 2 aromatic carbocycles. The van der Waals surface area contributed by atoms with Crippen molar-refractivity contribution >= 4 is 41.1 Å². The molecule has 0 bridgehead atoms. The van der Waals surface area contributed by atoms with E-state index in [0.717, 1.165) is 12.1 Å². The number of anilines is 1. The maximum atomic E-state index is 14.7. The van der Waals surface area contributed by atoms with Crippen molar-refractivity contribution in [3.63, 3.8) is 0 Å². The third kappa shape index (κ3) is 4.51. The molecule has 1 atom stereocenters. The minimum atomic E-state index is -0.994. The van der Waals surface area contributed by atoms with Crippen LogP contribution in [0.2, 0.25) is 5.02 Å². The molecule has 2 heterocycles. The zero-order valence-corrected chi connectivity index (χ0v) is 18.1. The number of hydrogen-bond acceptors (Lipinski definition) is 5. The van der Waals surface area contributed by atoms with Crippen molar-refractivity contribution in [2.45, 2.75) is 39.0 Å². The number of imide groups is 1. The van der Waals surface area contributed by atoms with Crippen LogP contribution in [0.25, 0.3) is 0 Å². The Morgan fingerprint density at radius 1 is 1.21 bits per heavy atom. The van der Waals surface area contributed by atoms with Gasteiger partial charge in [-0.05, 0) is 48.7 Å². The zero-order valence-electron chi connectivity index (χ0n) is 17.3. The molecule has 2 N–H and O–H groups in total. The van der Waals surface area contributed by atoms with Gasteiger partial charge < -0.3 is 9.64 Å². The van der Waals surface area contributed by atoms with Crippen LogP contribution >= 0.6 is 11.6 Å². The molecule has 0 spiro atoms. The highest BCUT2D eigenvalue weighted by Crippen LogP contribution is 2.30. The minimum absolute atomic E-state index is 0.0510. The van der Waals surface area contributed by atoms with Gasteiger partial charge in [-0.25, -0.2) is 13.6 Å². The van der Waals surface area contributed by atoms with Crippen LogP contribution in [-0.4, -0.2) is 34.8 Å². The van der Waals surface area contributed by atoms with Gasteiger partial charge in [0.2, 0.25) is 11.8 Å². The number of nitrogens with one attached hydrogen (secondary N) is 2. The van der Waals surface area contributed by atoms with E-state index in [4.69, 9.17) is 16.3 Å². The van der Waals surface area contributed by atoms with Crippen molar-refractivity contribution in [1.82, 2.24) is 10.2 Å². The van der Waals surface area contributed by atoms with Gasteiger partial charge in [-0.1, -0.05) is 11.6 Å². The average Bonchev–Trinajstić information content (AvgIpc) is 3.07. The zero-order chi connectivity index (χ0) is 23.9. The molecule has 172 valence electrons. The van der Waals surface area contributed by atoms with E-state index in [1.165, 1.54) is 17.0 Å². The maximum Gasteiger partial charge on any atom is 0.412 e. The van der Waals surface area contributed by atoms with Crippen molar-refractivity contribution in [1.29, 1.82) is 0 Å². The SMILES string of the molecule is Cc1cc(F)c(NC(=O)OCc2cc(F)c3c(c2)C(=O)N(C2CCC(=O)NC2=O)C3)cc1Cl. The number of fused-ring (bicyclic) bond motifs is 1. The normalized spacial score (nSPS) is 17.6. The number of piperidine rings is 1. The Balaban J connectivity index is 1.44. The summed E-state index contributed by atoms with van der Waals surface area (Å²) in [6.45, 7) is 1.11. The molecule has 2 aromatic rings. The fraction of sp³-hybridized carbons (Fsp3) is 0.273. The van der Waals surface area contributed by atoms with E-state index >= 15 is 0 Å². The Morgan fingerprint density at radius 3 is 2.70 bits per heavy atom. The number of amides is 4. The van der Waals surface area contributed by atoms with Crippen molar-refractivity contribution in [3.05, 3.63) is 63.2 Å². The van der Waals surface area contributed by atoms with E-state index in [2.05, 4.69) is 10.6 Å². The lowest BCUT2D eigenvalue weighted by Gasteiger charge is -2.29. The van der Waals surface area contributed by atoms with E-state index in [9.17, 15) is 28.0 Å². The molecule has 2 aliphatic heterocycles. The Bertz CT molecular complexity index is 1200.